The summed E-state index contributed by atoms with van der Waals surface area (Å²) in [5.41, 5.74) is 4.10. The number of ether oxygens (including phenoxy) is 2. The van der Waals surface area contributed by atoms with Crippen LogP contribution in [0.5, 0.6) is 5.75 Å². The van der Waals surface area contributed by atoms with Crippen LogP contribution in [0, 0.1) is 0 Å². The highest BCUT2D eigenvalue weighted by Crippen LogP contribution is 2.38. The minimum Gasteiger partial charge on any atom is -0.462 e. The number of nitrogens with one attached hydrogen (secondary N) is 2. The first-order valence-corrected chi connectivity index (χ1v) is 13.6. The summed E-state index contributed by atoms with van der Waals surface area (Å²) in [4.78, 5) is 50.7. The Morgan fingerprint density at radius 3 is 2.46 bits per heavy atom. The van der Waals surface area contributed by atoms with Crippen LogP contribution in [-0.2, 0) is 27.2 Å². The third-order valence-corrected chi connectivity index (χ3v) is 7.46. The number of rotatable bonds is 7. The second-order valence-electron chi connectivity index (χ2n) is 8.37. The molecular weight excluding hydrogens is 565 g/mol. The number of carbonyl (C=O) groups excluding carboxylic acids is 4. The second-order valence-corrected chi connectivity index (χ2v) is 10.3. The first-order chi connectivity index (χ1) is 18.8. The number of thiophene rings is 1. The van der Waals surface area contributed by atoms with E-state index >= 15 is 0 Å². The van der Waals surface area contributed by atoms with Crippen molar-refractivity contribution in [2.24, 2.45) is 5.10 Å². The molecule has 1 aliphatic carbocycles. The van der Waals surface area contributed by atoms with Crippen LogP contribution in [0.3, 0.4) is 0 Å². The van der Waals surface area contributed by atoms with Crippen molar-refractivity contribution in [1.29, 1.82) is 0 Å². The number of aryl methyl sites for hydroxylation is 1. The Morgan fingerprint density at radius 1 is 1.00 bits per heavy atom. The van der Waals surface area contributed by atoms with E-state index in [-0.39, 0.29) is 22.9 Å². The maximum absolute atomic E-state index is 12.5. The first kappa shape index (κ1) is 28.3. The molecule has 3 aromatic rings. The fourth-order valence-corrected chi connectivity index (χ4v) is 5.65. The number of hydrogen-bond acceptors (Lipinski definition) is 8. The summed E-state index contributed by atoms with van der Waals surface area (Å²) in [6, 6.07) is 10.7. The minimum atomic E-state index is -1.00. The van der Waals surface area contributed by atoms with Gasteiger partial charge >= 0.3 is 23.8 Å². The fraction of sp³-hybridized carbons (Fsp3) is 0.222. The van der Waals surface area contributed by atoms with Gasteiger partial charge in [-0.05, 0) is 86.2 Å². The van der Waals surface area contributed by atoms with Crippen LogP contribution >= 0.6 is 34.5 Å². The Morgan fingerprint density at radius 2 is 1.74 bits per heavy atom. The standard InChI is InChI=1S/C27H23Cl2N3O6S/c1-2-37-27(36)22-19-5-3-4-6-21(19)39-25(22)31-23(33)24(34)32-30-14-15-7-10-17(11-8-15)38-26(35)18-12-9-16(28)13-20(18)29/h7-14H,2-6H2,1H3,(H,31,33)(H,32,34). The van der Waals surface area contributed by atoms with Crippen LogP contribution < -0.4 is 15.5 Å². The summed E-state index contributed by atoms with van der Waals surface area (Å²) in [5.74, 6) is -2.86. The predicted molar refractivity (Wildman–Crippen MR) is 149 cm³/mol. The maximum atomic E-state index is 12.5. The molecule has 202 valence electrons. The van der Waals surface area contributed by atoms with Crippen LogP contribution in [0.25, 0.3) is 0 Å². The third-order valence-electron chi connectivity index (χ3n) is 5.71. The molecule has 0 atom stereocenters. The van der Waals surface area contributed by atoms with E-state index in [0.717, 1.165) is 36.1 Å². The number of fused-ring (bicyclic) bond motifs is 1. The average Bonchev–Trinajstić information content (AvgIpc) is 3.27. The van der Waals surface area contributed by atoms with E-state index in [2.05, 4.69) is 15.8 Å². The smallest absolute Gasteiger partial charge is 0.345 e. The SMILES string of the molecule is CCOC(=O)c1c(NC(=O)C(=O)NN=Cc2ccc(OC(=O)c3ccc(Cl)cc3Cl)cc2)sc2c1CCCC2. The third kappa shape index (κ3) is 7.03. The van der Waals surface area contributed by atoms with Gasteiger partial charge in [0.1, 0.15) is 10.8 Å². The van der Waals surface area contributed by atoms with Crippen molar-refractivity contribution >= 4 is 69.5 Å². The van der Waals surface area contributed by atoms with Crippen molar-refractivity contribution in [2.75, 3.05) is 11.9 Å². The minimum absolute atomic E-state index is 0.171. The van der Waals surface area contributed by atoms with Gasteiger partial charge in [0.25, 0.3) is 0 Å². The molecule has 0 radical (unpaired) electrons. The average molecular weight is 588 g/mol. The molecule has 0 spiro atoms. The van der Waals surface area contributed by atoms with E-state index < -0.39 is 23.8 Å². The highest BCUT2D eigenvalue weighted by molar-refractivity contribution is 7.17. The van der Waals surface area contributed by atoms with Gasteiger partial charge < -0.3 is 14.8 Å². The number of hydrogen-bond donors (Lipinski definition) is 2. The van der Waals surface area contributed by atoms with Crippen LogP contribution in [0.4, 0.5) is 5.00 Å². The van der Waals surface area contributed by atoms with Crippen LogP contribution in [-0.4, -0.2) is 36.6 Å². The lowest BCUT2D eigenvalue weighted by Crippen LogP contribution is -2.32. The van der Waals surface area contributed by atoms with Crippen molar-refractivity contribution in [3.05, 3.63) is 79.6 Å². The molecule has 2 N–H and O–H groups in total. The van der Waals surface area contributed by atoms with Gasteiger partial charge in [-0.15, -0.1) is 11.3 Å². The Labute approximate surface area is 238 Å². The number of esters is 2. The molecular formula is C27H23Cl2N3O6S. The Balaban J connectivity index is 1.34. The highest BCUT2D eigenvalue weighted by atomic mass is 35.5. The van der Waals surface area contributed by atoms with Gasteiger partial charge in [0.2, 0.25) is 0 Å². The number of nitrogens with zero attached hydrogens (tertiary/aromatic N) is 1. The summed E-state index contributed by atoms with van der Waals surface area (Å²) in [6.45, 7) is 1.91. The van der Waals surface area contributed by atoms with E-state index in [1.807, 2.05) is 0 Å². The van der Waals surface area contributed by atoms with Crippen molar-refractivity contribution in [1.82, 2.24) is 5.43 Å². The molecule has 12 heteroatoms. The molecule has 0 fully saturated rings. The van der Waals surface area contributed by atoms with Gasteiger partial charge in [-0.2, -0.15) is 5.10 Å². The second kappa shape index (κ2) is 12.9. The molecule has 2 aromatic carbocycles. The number of anilines is 1. The zero-order valence-electron chi connectivity index (χ0n) is 20.7. The first-order valence-electron chi connectivity index (χ1n) is 12.0. The molecule has 0 bridgehead atoms. The highest BCUT2D eigenvalue weighted by Gasteiger charge is 2.28. The summed E-state index contributed by atoms with van der Waals surface area (Å²) in [6.07, 6.45) is 4.79. The Bertz CT molecular complexity index is 1450. The molecule has 0 saturated heterocycles. The topological polar surface area (TPSA) is 123 Å². The van der Waals surface area contributed by atoms with E-state index in [1.54, 1.807) is 19.1 Å². The summed E-state index contributed by atoms with van der Waals surface area (Å²) in [5, 5.41) is 7.21. The molecule has 9 nitrogen and oxygen atoms in total. The van der Waals surface area contributed by atoms with Gasteiger partial charge in [0.05, 0.1) is 29.0 Å². The molecule has 0 unspecified atom stereocenters. The summed E-state index contributed by atoms with van der Waals surface area (Å²) >= 11 is 13.2. The molecule has 0 saturated carbocycles. The van der Waals surface area contributed by atoms with E-state index in [4.69, 9.17) is 32.7 Å². The van der Waals surface area contributed by atoms with Crippen molar-refractivity contribution < 1.29 is 28.7 Å². The van der Waals surface area contributed by atoms with Crippen molar-refractivity contribution in [3.8, 4) is 5.75 Å². The maximum Gasteiger partial charge on any atom is 0.345 e. The molecule has 0 aliphatic heterocycles. The summed E-state index contributed by atoms with van der Waals surface area (Å²) < 4.78 is 10.5. The number of hydrazone groups is 1. The lowest BCUT2D eigenvalue weighted by molar-refractivity contribution is -0.136. The van der Waals surface area contributed by atoms with Crippen LogP contribution in [0.2, 0.25) is 10.0 Å². The van der Waals surface area contributed by atoms with Gasteiger partial charge in [-0.1, -0.05) is 23.2 Å². The van der Waals surface area contributed by atoms with E-state index in [9.17, 15) is 19.2 Å². The van der Waals surface area contributed by atoms with Gasteiger partial charge in [-0.3, -0.25) is 9.59 Å². The number of amides is 2. The van der Waals surface area contributed by atoms with E-state index in [1.165, 1.54) is 47.9 Å². The number of halogens is 2. The molecule has 2 amide bonds. The lowest BCUT2D eigenvalue weighted by atomic mass is 9.95. The normalized spacial score (nSPS) is 12.5. The molecule has 4 rings (SSSR count). The largest absolute Gasteiger partial charge is 0.462 e. The van der Waals surface area contributed by atoms with E-state index in [0.29, 0.717) is 21.2 Å². The van der Waals surface area contributed by atoms with Gasteiger partial charge in [0, 0.05) is 9.90 Å². The quantitative estimate of drug-likeness (QED) is 0.125. The zero-order chi connectivity index (χ0) is 27.9. The molecule has 1 heterocycles. The lowest BCUT2D eigenvalue weighted by Gasteiger charge is -2.12. The number of benzene rings is 2. The van der Waals surface area contributed by atoms with Crippen molar-refractivity contribution in [2.45, 2.75) is 32.6 Å². The molecule has 1 aromatic heterocycles. The van der Waals surface area contributed by atoms with Crippen LogP contribution in [0.1, 0.15) is 56.5 Å². The predicted octanol–water partition coefficient (Wildman–Crippen LogP) is 5.42. The van der Waals surface area contributed by atoms with Gasteiger partial charge in [0.15, 0.2) is 0 Å². The Kier molecular flexibility index (Phi) is 9.34. The van der Waals surface area contributed by atoms with Crippen molar-refractivity contribution in [3.63, 3.8) is 0 Å². The molecule has 1 aliphatic rings. The summed E-state index contributed by atoms with van der Waals surface area (Å²) in [7, 11) is 0. The Hall–Kier alpha value is -3.73. The van der Waals surface area contributed by atoms with Crippen LogP contribution in [0.15, 0.2) is 47.6 Å². The van der Waals surface area contributed by atoms with Gasteiger partial charge in [-0.25, -0.2) is 15.0 Å². The fourth-order valence-electron chi connectivity index (χ4n) is 3.89. The monoisotopic (exact) mass is 587 g/mol. The molecule has 39 heavy (non-hydrogen) atoms. The zero-order valence-corrected chi connectivity index (χ0v) is 23.0. The number of carbonyl (C=O) groups is 4.